The average Bonchev–Trinajstić information content (AvgIpc) is 3.78. The molecule has 0 spiro atoms. The van der Waals surface area contributed by atoms with Crippen molar-refractivity contribution in [2.75, 3.05) is 6.61 Å². The summed E-state index contributed by atoms with van der Waals surface area (Å²) in [6.07, 6.45) is 18.5. The van der Waals surface area contributed by atoms with Gasteiger partial charge in [0.25, 0.3) is 0 Å². The fraction of sp³-hybridized carbons (Fsp3) is 0.607. The van der Waals surface area contributed by atoms with Crippen LogP contribution in [-0.4, -0.2) is 34.8 Å². The van der Waals surface area contributed by atoms with Crippen LogP contribution in [0.1, 0.15) is 84.0 Å². The molecule has 0 N–H and O–H groups in total. The van der Waals surface area contributed by atoms with Crippen molar-refractivity contribution in [3.63, 3.8) is 0 Å². The number of epoxide rings is 1. The van der Waals surface area contributed by atoms with E-state index in [2.05, 4.69) is 16.9 Å². The molecule has 2 heterocycles. The smallest absolute Gasteiger partial charge is 0.343 e. The standard InChI is InChI=1S/C28H38N2O4/c1-2-10-25-26(34-25)27(31)33-24-16-14-22(15-17-24)23-19-29-28(30-20-23)32-18-9-7-5-3-4-6-8-11-21-12-13-21/h14-17,19-21,25-26H,2-13,18H2,1H3/t25-,26-/m1/s1. The van der Waals surface area contributed by atoms with Crippen molar-refractivity contribution in [2.45, 2.75) is 96.2 Å². The van der Waals surface area contributed by atoms with E-state index in [-0.39, 0.29) is 12.1 Å². The Hall–Kier alpha value is -2.47. The SMILES string of the molecule is CCC[C@H]1O[C@H]1C(=O)Oc1ccc(-c2cnc(OCCCCCCCCCC3CC3)nc2)cc1. The Labute approximate surface area is 203 Å². The van der Waals surface area contributed by atoms with Gasteiger partial charge in [0.15, 0.2) is 6.10 Å². The molecule has 2 aliphatic rings. The van der Waals surface area contributed by atoms with Gasteiger partial charge in [-0.3, -0.25) is 0 Å². The number of nitrogens with zero attached hydrogens (tertiary/aromatic N) is 2. The van der Waals surface area contributed by atoms with E-state index in [0.717, 1.165) is 36.3 Å². The molecule has 2 fully saturated rings. The van der Waals surface area contributed by atoms with Crippen LogP contribution in [0.25, 0.3) is 11.1 Å². The molecule has 0 radical (unpaired) electrons. The van der Waals surface area contributed by atoms with Crippen molar-refractivity contribution in [1.29, 1.82) is 0 Å². The Morgan fingerprint density at radius 3 is 2.26 bits per heavy atom. The van der Waals surface area contributed by atoms with Crippen LogP contribution in [-0.2, 0) is 9.53 Å². The predicted octanol–water partition coefficient (Wildman–Crippen LogP) is 6.53. The largest absolute Gasteiger partial charge is 0.463 e. The van der Waals surface area contributed by atoms with E-state index < -0.39 is 6.10 Å². The van der Waals surface area contributed by atoms with Crippen LogP contribution in [0.15, 0.2) is 36.7 Å². The lowest BCUT2D eigenvalue weighted by Crippen LogP contribution is -2.17. The number of aromatic nitrogens is 2. The van der Waals surface area contributed by atoms with E-state index in [1.165, 1.54) is 57.8 Å². The lowest BCUT2D eigenvalue weighted by atomic mass is 10.1. The van der Waals surface area contributed by atoms with E-state index in [4.69, 9.17) is 14.2 Å². The first-order chi connectivity index (χ1) is 16.7. The molecule has 0 amide bonds. The average molecular weight is 467 g/mol. The first-order valence-electron chi connectivity index (χ1n) is 13.2. The summed E-state index contributed by atoms with van der Waals surface area (Å²) in [5.74, 6) is 1.27. The third-order valence-corrected chi connectivity index (χ3v) is 6.61. The maximum Gasteiger partial charge on any atom is 0.343 e. The molecule has 1 aliphatic heterocycles. The van der Waals surface area contributed by atoms with Crippen LogP contribution in [0.3, 0.4) is 0 Å². The number of benzene rings is 1. The maximum atomic E-state index is 12.1. The molecule has 4 rings (SSSR count). The second-order valence-electron chi connectivity index (χ2n) is 9.64. The molecule has 34 heavy (non-hydrogen) atoms. The molecular weight excluding hydrogens is 428 g/mol. The van der Waals surface area contributed by atoms with Crippen molar-refractivity contribution in [1.82, 2.24) is 9.97 Å². The van der Waals surface area contributed by atoms with Crippen LogP contribution in [0, 0.1) is 5.92 Å². The van der Waals surface area contributed by atoms with Crippen LogP contribution in [0.4, 0.5) is 0 Å². The lowest BCUT2D eigenvalue weighted by molar-refractivity contribution is -0.135. The topological polar surface area (TPSA) is 73.8 Å². The quantitative estimate of drug-likeness (QED) is 0.121. The Bertz CT molecular complexity index is 880. The van der Waals surface area contributed by atoms with Gasteiger partial charge in [0.05, 0.1) is 12.7 Å². The lowest BCUT2D eigenvalue weighted by Gasteiger charge is -2.07. The van der Waals surface area contributed by atoms with Crippen molar-refractivity contribution >= 4 is 5.97 Å². The minimum Gasteiger partial charge on any atom is -0.463 e. The fourth-order valence-electron chi connectivity index (χ4n) is 4.27. The fourth-order valence-corrected chi connectivity index (χ4v) is 4.27. The zero-order valence-corrected chi connectivity index (χ0v) is 20.4. The summed E-state index contributed by atoms with van der Waals surface area (Å²) >= 11 is 0. The highest BCUT2D eigenvalue weighted by Crippen LogP contribution is 2.34. The van der Waals surface area contributed by atoms with E-state index in [1.54, 1.807) is 24.5 Å². The Kier molecular flexibility index (Phi) is 9.31. The van der Waals surface area contributed by atoms with Gasteiger partial charge in [-0.1, -0.05) is 83.3 Å². The predicted molar refractivity (Wildman–Crippen MR) is 132 cm³/mol. The van der Waals surface area contributed by atoms with E-state index in [1.807, 2.05) is 12.1 Å². The van der Waals surface area contributed by atoms with Gasteiger partial charge < -0.3 is 14.2 Å². The number of hydrogen-bond donors (Lipinski definition) is 0. The van der Waals surface area contributed by atoms with Gasteiger partial charge in [0, 0.05) is 18.0 Å². The molecule has 0 bridgehead atoms. The van der Waals surface area contributed by atoms with Crippen molar-refractivity contribution in [3.05, 3.63) is 36.7 Å². The molecule has 1 saturated carbocycles. The first kappa shape index (κ1) is 24.6. The van der Waals surface area contributed by atoms with Crippen LogP contribution < -0.4 is 9.47 Å². The number of ether oxygens (including phenoxy) is 3. The third-order valence-electron chi connectivity index (χ3n) is 6.61. The number of carbonyl (C=O) groups is 1. The highest BCUT2D eigenvalue weighted by Gasteiger charge is 2.45. The van der Waals surface area contributed by atoms with Crippen molar-refractivity contribution < 1.29 is 19.0 Å². The summed E-state index contributed by atoms with van der Waals surface area (Å²) in [4.78, 5) is 20.8. The zero-order chi connectivity index (χ0) is 23.6. The van der Waals surface area contributed by atoms with E-state index in [9.17, 15) is 4.79 Å². The van der Waals surface area contributed by atoms with Crippen LogP contribution in [0.5, 0.6) is 11.8 Å². The molecule has 6 heteroatoms. The second kappa shape index (κ2) is 12.8. The molecule has 1 aromatic heterocycles. The highest BCUT2D eigenvalue weighted by molar-refractivity contribution is 5.80. The summed E-state index contributed by atoms with van der Waals surface area (Å²) in [5.41, 5.74) is 1.84. The Morgan fingerprint density at radius 2 is 1.59 bits per heavy atom. The van der Waals surface area contributed by atoms with Gasteiger partial charge >= 0.3 is 12.0 Å². The number of hydrogen-bond acceptors (Lipinski definition) is 6. The molecule has 1 aromatic carbocycles. The third kappa shape index (κ3) is 8.08. The molecule has 2 aromatic rings. The number of carbonyl (C=O) groups excluding carboxylic acids is 1. The van der Waals surface area contributed by atoms with Crippen molar-refractivity contribution in [3.8, 4) is 22.9 Å². The number of esters is 1. The molecule has 6 nitrogen and oxygen atoms in total. The summed E-state index contributed by atoms with van der Waals surface area (Å²) in [7, 11) is 0. The van der Waals surface area contributed by atoms with Crippen molar-refractivity contribution in [2.24, 2.45) is 5.92 Å². The van der Waals surface area contributed by atoms with E-state index in [0.29, 0.717) is 18.4 Å². The minimum absolute atomic E-state index is 0.0148. The van der Waals surface area contributed by atoms with Gasteiger partial charge in [0.1, 0.15) is 5.75 Å². The van der Waals surface area contributed by atoms with Gasteiger partial charge in [-0.15, -0.1) is 0 Å². The van der Waals surface area contributed by atoms with Gasteiger partial charge in [-0.2, -0.15) is 0 Å². The zero-order valence-electron chi connectivity index (χ0n) is 20.4. The second-order valence-corrected chi connectivity index (χ2v) is 9.64. The molecule has 184 valence electrons. The highest BCUT2D eigenvalue weighted by atomic mass is 16.6. The van der Waals surface area contributed by atoms with Gasteiger partial charge in [-0.25, -0.2) is 14.8 Å². The van der Waals surface area contributed by atoms with Crippen LogP contribution in [0.2, 0.25) is 0 Å². The number of unbranched alkanes of at least 4 members (excludes halogenated alkanes) is 6. The Balaban J connectivity index is 1.09. The molecule has 0 unspecified atom stereocenters. The summed E-state index contributed by atoms with van der Waals surface area (Å²) in [6.45, 7) is 2.73. The summed E-state index contributed by atoms with van der Waals surface area (Å²) < 4.78 is 16.5. The maximum absolute atomic E-state index is 12.1. The molecular formula is C28H38N2O4. The summed E-state index contributed by atoms with van der Waals surface area (Å²) in [6, 6.07) is 7.76. The van der Waals surface area contributed by atoms with E-state index >= 15 is 0 Å². The van der Waals surface area contributed by atoms with Gasteiger partial charge in [0.2, 0.25) is 0 Å². The normalized spacial score (nSPS) is 19.1. The summed E-state index contributed by atoms with van der Waals surface area (Å²) in [5, 5.41) is 0. The monoisotopic (exact) mass is 466 g/mol. The molecule has 2 atom stereocenters. The minimum atomic E-state index is -0.415. The molecule has 1 saturated heterocycles. The Morgan fingerprint density at radius 1 is 0.912 bits per heavy atom. The van der Waals surface area contributed by atoms with Gasteiger partial charge in [-0.05, 0) is 36.5 Å². The number of rotatable bonds is 16. The first-order valence-corrected chi connectivity index (χ1v) is 13.2. The van der Waals surface area contributed by atoms with Crippen LogP contribution >= 0.6 is 0 Å². The molecule has 1 aliphatic carbocycles.